The van der Waals surface area contributed by atoms with E-state index in [1.807, 2.05) is 17.3 Å². The number of nitrogens with zero attached hydrogens (tertiary/aromatic N) is 2. The Morgan fingerprint density at radius 1 is 1.50 bits per heavy atom. The number of piperidine rings is 1. The van der Waals surface area contributed by atoms with Crippen LogP contribution in [0.15, 0.2) is 18.5 Å². The van der Waals surface area contributed by atoms with Crippen molar-refractivity contribution in [2.75, 3.05) is 18.4 Å². The van der Waals surface area contributed by atoms with E-state index in [1.54, 1.807) is 6.92 Å². The van der Waals surface area contributed by atoms with Crippen molar-refractivity contribution < 1.29 is 4.79 Å². The molecule has 0 aromatic carbocycles. The fourth-order valence-electron chi connectivity index (χ4n) is 2.86. The predicted molar refractivity (Wildman–Crippen MR) is 81.7 cm³/mol. The third-order valence-corrected chi connectivity index (χ3v) is 3.74. The van der Waals surface area contributed by atoms with Crippen molar-refractivity contribution in [1.82, 2.24) is 9.88 Å². The Morgan fingerprint density at radius 2 is 2.30 bits per heavy atom. The van der Waals surface area contributed by atoms with E-state index in [9.17, 15) is 4.79 Å². The highest BCUT2D eigenvalue weighted by molar-refractivity contribution is 5.73. The Balaban J connectivity index is 1.97. The molecule has 1 fully saturated rings. The van der Waals surface area contributed by atoms with Gasteiger partial charge in [0.2, 0.25) is 5.91 Å². The maximum atomic E-state index is 11.5. The Morgan fingerprint density at radius 3 is 3.00 bits per heavy atom. The highest BCUT2D eigenvalue weighted by Gasteiger charge is 2.21. The molecule has 1 saturated heterocycles. The minimum Gasteiger partial charge on any atom is -0.382 e. The molecule has 4 heteroatoms. The highest BCUT2D eigenvalue weighted by Crippen LogP contribution is 2.22. The number of rotatable bonds is 4. The topological polar surface area (TPSA) is 45.2 Å². The maximum Gasteiger partial charge on any atom is 0.219 e. The summed E-state index contributed by atoms with van der Waals surface area (Å²) in [6.45, 7) is 7.71. The van der Waals surface area contributed by atoms with Crippen LogP contribution >= 0.6 is 0 Å². The minimum absolute atomic E-state index is 0.197. The first-order valence-electron chi connectivity index (χ1n) is 7.50. The monoisotopic (exact) mass is 275 g/mol. The van der Waals surface area contributed by atoms with Crippen molar-refractivity contribution in [3.05, 3.63) is 24.0 Å². The number of amides is 1. The normalized spacial score (nSPS) is 19.2. The van der Waals surface area contributed by atoms with Gasteiger partial charge in [-0.1, -0.05) is 0 Å². The zero-order valence-electron chi connectivity index (χ0n) is 12.7. The number of aromatic nitrogens is 1. The third-order valence-electron chi connectivity index (χ3n) is 3.74. The molecule has 0 radical (unpaired) electrons. The average molecular weight is 275 g/mol. The molecule has 2 heterocycles. The lowest BCUT2D eigenvalue weighted by Crippen LogP contribution is -2.39. The van der Waals surface area contributed by atoms with Crippen LogP contribution in [0.4, 0.5) is 5.69 Å². The van der Waals surface area contributed by atoms with Crippen molar-refractivity contribution in [3.8, 4) is 0 Å². The summed E-state index contributed by atoms with van der Waals surface area (Å²) in [5.74, 6) is 0.756. The van der Waals surface area contributed by atoms with E-state index < -0.39 is 0 Å². The quantitative estimate of drug-likeness (QED) is 0.919. The lowest BCUT2D eigenvalue weighted by Gasteiger charge is -2.32. The number of nitrogens with one attached hydrogen (secondary N) is 1. The molecule has 0 unspecified atom stereocenters. The molecule has 4 nitrogen and oxygen atoms in total. The van der Waals surface area contributed by atoms with Crippen LogP contribution in [-0.4, -0.2) is 34.9 Å². The molecular formula is C16H25N3O. The van der Waals surface area contributed by atoms with Gasteiger partial charge < -0.3 is 10.2 Å². The van der Waals surface area contributed by atoms with Crippen molar-refractivity contribution in [1.29, 1.82) is 0 Å². The molecule has 0 aliphatic carbocycles. The largest absolute Gasteiger partial charge is 0.382 e. The number of pyridine rings is 1. The van der Waals surface area contributed by atoms with Gasteiger partial charge in [-0.2, -0.15) is 0 Å². The SMILES string of the molecule is CC(=O)N1CCC[C@H](Cc2cncc(NC(C)C)c2)C1. The van der Waals surface area contributed by atoms with E-state index in [2.05, 4.69) is 30.2 Å². The molecule has 1 N–H and O–H groups in total. The van der Waals surface area contributed by atoms with Gasteiger partial charge in [0.05, 0.1) is 5.69 Å². The molecule has 0 bridgehead atoms. The van der Waals surface area contributed by atoms with Crippen molar-refractivity contribution in [2.45, 2.75) is 46.1 Å². The second-order valence-corrected chi connectivity index (χ2v) is 6.06. The summed E-state index contributed by atoms with van der Waals surface area (Å²) in [6.07, 6.45) is 7.13. The van der Waals surface area contributed by atoms with Crippen LogP contribution in [0.25, 0.3) is 0 Å². The molecule has 2 rings (SSSR count). The summed E-state index contributed by atoms with van der Waals surface area (Å²) in [6, 6.07) is 2.59. The lowest BCUT2D eigenvalue weighted by molar-refractivity contribution is -0.130. The molecule has 110 valence electrons. The van der Waals surface area contributed by atoms with Crippen molar-refractivity contribution in [3.63, 3.8) is 0 Å². The van der Waals surface area contributed by atoms with Gasteiger partial charge in [0.15, 0.2) is 0 Å². The summed E-state index contributed by atoms with van der Waals surface area (Å²) in [4.78, 5) is 17.8. The maximum absolute atomic E-state index is 11.5. The minimum atomic E-state index is 0.197. The molecule has 1 aliphatic heterocycles. The number of hydrogen-bond donors (Lipinski definition) is 1. The number of carbonyl (C=O) groups excluding carboxylic acids is 1. The molecular weight excluding hydrogens is 250 g/mol. The van der Waals surface area contributed by atoms with Gasteiger partial charge in [0.1, 0.15) is 0 Å². The molecule has 1 amide bonds. The summed E-state index contributed by atoms with van der Waals surface area (Å²) in [5.41, 5.74) is 2.34. The summed E-state index contributed by atoms with van der Waals surface area (Å²) >= 11 is 0. The lowest BCUT2D eigenvalue weighted by atomic mass is 9.92. The highest BCUT2D eigenvalue weighted by atomic mass is 16.2. The molecule has 1 aromatic rings. The van der Waals surface area contributed by atoms with Gasteiger partial charge >= 0.3 is 0 Å². The smallest absolute Gasteiger partial charge is 0.219 e. The first-order valence-corrected chi connectivity index (χ1v) is 7.50. The van der Waals surface area contributed by atoms with E-state index >= 15 is 0 Å². The summed E-state index contributed by atoms with van der Waals surface area (Å²) in [5, 5.41) is 3.38. The van der Waals surface area contributed by atoms with Gasteiger partial charge in [0.25, 0.3) is 0 Å². The Labute approximate surface area is 121 Å². The van der Waals surface area contributed by atoms with Gasteiger partial charge in [-0.3, -0.25) is 9.78 Å². The average Bonchev–Trinajstić information content (AvgIpc) is 2.38. The standard InChI is InChI=1S/C16H25N3O/c1-12(2)18-16-8-15(9-17-10-16)7-14-5-4-6-19(11-14)13(3)20/h8-10,12,14,18H,4-7,11H2,1-3H3/t14-/m1/s1. The van der Waals surface area contributed by atoms with Crippen LogP contribution in [0.5, 0.6) is 0 Å². The predicted octanol–water partition coefficient (Wildman–Crippen LogP) is 2.70. The van der Waals surface area contributed by atoms with Crippen LogP contribution in [0.2, 0.25) is 0 Å². The fraction of sp³-hybridized carbons (Fsp3) is 0.625. The Kier molecular flexibility index (Phi) is 4.99. The number of hydrogen-bond acceptors (Lipinski definition) is 3. The van der Waals surface area contributed by atoms with Crippen molar-refractivity contribution in [2.24, 2.45) is 5.92 Å². The first-order chi connectivity index (χ1) is 9.54. The van der Waals surface area contributed by atoms with Crippen LogP contribution in [0, 0.1) is 5.92 Å². The van der Waals surface area contributed by atoms with Crippen LogP contribution in [-0.2, 0) is 11.2 Å². The Bertz CT molecular complexity index is 459. The van der Waals surface area contributed by atoms with Crippen LogP contribution < -0.4 is 5.32 Å². The van der Waals surface area contributed by atoms with E-state index in [0.717, 1.165) is 31.6 Å². The molecule has 1 atom stereocenters. The molecule has 20 heavy (non-hydrogen) atoms. The van der Waals surface area contributed by atoms with Gasteiger partial charge in [-0.05, 0) is 50.7 Å². The van der Waals surface area contributed by atoms with Gasteiger partial charge in [-0.25, -0.2) is 0 Å². The second-order valence-electron chi connectivity index (χ2n) is 6.06. The number of carbonyl (C=O) groups is 1. The van der Waals surface area contributed by atoms with Gasteiger partial charge in [-0.15, -0.1) is 0 Å². The Hall–Kier alpha value is -1.58. The molecule has 1 aromatic heterocycles. The molecule has 0 spiro atoms. The van der Waals surface area contributed by atoms with E-state index in [-0.39, 0.29) is 5.91 Å². The fourth-order valence-corrected chi connectivity index (χ4v) is 2.86. The van der Waals surface area contributed by atoms with E-state index in [0.29, 0.717) is 12.0 Å². The van der Waals surface area contributed by atoms with Crippen molar-refractivity contribution >= 4 is 11.6 Å². The summed E-state index contributed by atoms with van der Waals surface area (Å²) in [7, 11) is 0. The molecule has 1 aliphatic rings. The number of likely N-dealkylation sites (tertiary alicyclic amines) is 1. The van der Waals surface area contributed by atoms with E-state index in [1.165, 1.54) is 12.0 Å². The zero-order chi connectivity index (χ0) is 14.5. The third kappa shape index (κ3) is 4.22. The first kappa shape index (κ1) is 14.8. The number of anilines is 1. The van der Waals surface area contributed by atoms with Gasteiger partial charge in [0, 0.05) is 38.4 Å². The summed E-state index contributed by atoms with van der Waals surface area (Å²) < 4.78 is 0. The second kappa shape index (κ2) is 6.73. The zero-order valence-corrected chi connectivity index (χ0v) is 12.7. The van der Waals surface area contributed by atoms with Crippen LogP contribution in [0.3, 0.4) is 0 Å². The van der Waals surface area contributed by atoms with Crippen LogP contribution in [0.1, 0.15) is 39.2 Å². The van der Waals surface area contributed by atoms with E-state index in [4.69, 9.17) is 0 Å². The molecule has 0 saturated carbocycles.